The van der Waals surface area contributed by atoms with Crippen molar-refractivity contribution < 1.29 is 0 Å². The Morgan fingerprint density at radius 2 is 1.02 bits per heavy atom. The molecule has 0 aromatic heterocycles. The first kappa shape index (κ1) is 33.4. The lowest BCUT2D eigenvalue weighted by molar-refractivity contribution is 0.0618. The molecule has 6 fully saturated rings. The Balaban J connectivity index is 0.958. The zero-order valence-electron chi connectivity index (χ0n) is 33.9. The summed E-state index contributed by atoms with van der Waals surface area (Å²) in [4.78, 5) is 2.61. The number of hydrogen-bond acceptors (Lipinski definition) is 1. The van der Waals surface area contributed by atoms with E-state index in [0.717, 1.165) is 35.5 Å². The molecule has 2 spiro atoms. The molecule has 7 aromatic carbocycles. The Labute approximate surface area is 349 Å². The van der Waals surface area contributed by atoms with Crippen molar-refractivity contribution in [2.45, 2.75) is 75.0 Å². The Kier molecular flexibility index (Phi) is 6.85. The van der Waals surface area contributed by atoms with Crippen LogP contribution in [-0.4, -0.2) is 0 Å². The van der Waals surface area contributed by atoms with E-state index in [0.29, 0.717) is 0 Å². The van der Waals surface area contributed by atoms with Crippen molar-refractivity contribution in [2.24, 2.45) is 35.5 Å². The highest BCUT2D eigenvalue weighted by Gasteiger charge is 2.60. The molecule has 0 aliphatic heterocycles. The van der Waals surface area contributed by atoms with Gasteiger partial charge in [-0.2, -0.15) is 0 Å². The molecule has 15 rings (SSSR count). The standard InChI is InChI=1S/C58H51N/c1-2-10-47-39(8-1)9-7-13-48(47)40-18-22-44(23-19-40)59(46-24-26-51-49-11-3-5-14-53(49)57(56(51)34-46)35-37-17-20-41(57)30-37)45-25-27-55-52(33-45)50-12-4-6-15-54(50)58(55)42-21-16-36-28-38(31-42)32-43(58)29-36/h1-15,18-19,22-27,33-34,36-38,41-43H,16-17,20-21,28-32,35H2. The second kappa shape index (κ2) is 12.1. The van der Waals surface area contributed by atoms with Gasteiger partial charge in [-0.15, -0.1) is 0 Å². The minimum absolute atomic E-state index is 0.135. The zero-order valence-corrected chi connectivity index (χ0v) is 33.9. The molecular formula is C58H51N. The van der Waals surface area contributed by atoms with E-state index in [1.54, 1.807) is 22.3 Å². The van der Waals surface area contributed by atoms with E-state index in [9.17, 15) is 0 Å². The van der Waals surface area contributed by atoms with E-state index >= 15 is 0 Å². The third kappa shape index (κ3) is 4.42. The Bertz CT molecular complexity index is 2850. The maximum absolute atomic E-state index is 2.64. The summed E-state index contributed by atoms with van der Waals surface area (Å²) in [6.45, 7) is 0. The lowest BCUT2D eigenvalue weighted by atomic mass is 9.51. The highest BCUT2D eigenvalue weighted by atomic mass is 15.1. The summed E-state index contributed by atoms with van der Waals surface area (Å²) in [7, 11) is 0. The van der Waals surface area contributed by atoms with Crippen LogP contribution < -0.4 is 4.90 Å². The molecule has 1 nitrogen and oxygen atoms in total. The summed E-state index contributed by atoms with van der Waals surface area (Å²) in [6.07, 6.45) is 14.0. The maximum atomic E-state index is 2.64. The van der Waals surface area contributed by atoms with Gasteiger partial charge in [0.2, 0.25) is 0 Å². The molecule has 6 bridgehead atoms. The van der Waals surface area contributed by atoms with Crippen LogP contribution in [0.1, 0.15) is 86.5 Å². The predicted octanol–water partition coefficient (Wildman–Crippen LogP) is 15.2. The normalized spacial score (nSPS) is 29.8. The molecule has 8 aliphatic rings. The quantitative estimate of drug-likeness (QED) is 0.173. The number of benzene rings is 7. The number of fused-ring (bicyclic) bond motifs is 13. The number of rotatable bonds is 4. The van der Waals surface area contributed by atoms with Crippen LogP contribution in [-0.2, 0) is 10.8 Å². The summed E-state index contributed by atoms with van der Waals surface area (Å²) in [5.41, 5.74) is 19.0. The van der Waals surface area contributed by atoms with Crippen molar-refractivity contribution in [1.82, 2.24) is 0 Å². The molecule has 288 valence electrons. The second-order valence-corrected chi connectivity index (χ2v) is 20.0. The molecule has 0 heterocycles. The molecule has 0 amide bonds. The molecule has 8 unspecified atom stereocenters. The molecule has 6 saturated carbocycles. The summed E-state index contributed by atoms with van der Waals surface area (Å²) in [6, 6.07) is 59.4. The van der Waals surface area contributed by atoms with Gasteiger partial charge in [-0.25, -0.2) is 0 Å². The summed E-state index contributed by atoms with van der Waals surface area (Å²) >= 11 is 0. The molecule has 0 N–H and O–H groups in total. The SMILES string of the molecule is c1ccc2c(c1)-c1ccc(N(c3ccc(-c4cccc5ccccc45)cc3)c3ccc4c(c3)-c3ccccc3C43C4CCC5CC(C4)CC3C5)cc1C21CC2CCC1C2. The van der Waals surface area contributed by atoms with E-state index < -0.39 is 0 Å². The third-order valence-electron chi connectivity index (χ3n) is 17.6. The van der Waals surface area contributed by atoms with E-state index in [1.165, 1.54) is 125 Å². The molecule has 59 heavy (non-hydrogen) atoms. The molecular weight excluding hydrogens is 711 g/mol. The van der Waals surface area contributed by atoms with Crippen LogP contribution in [0.3, 0.4) is 0 Å². The number of nitrogens with zero attached hydrogens (tertiary/aromatic N) is 1. The van der Waals surface area contributed by atoms with E-state index in [4.69, 9.17) is 0 Å². The molecule has 8 atom stereocenters. The van der Waals surface area contributed by atoms with E-state index in [2.05, 4.69) is 157 Å². The average molecular weight is 762 g/mol. The third-order valence-corrected chi connectivity index (χ3v) is 17.6. The Morgan fingerprint density at radius 3 is 1.88 bits per heavy atom. The van der Waals surface area contributed by atoms with Gasteiger partial charge in [-0.3, -0.25) is 0 Å². The van der Waals surface area contributed by atoms with Crippen LogP contribution in [0.4, 0.5) is 17.1 Å². The monoisotopic (exact) mass is 761 g/mol. The minimum Gasteiger partial charge on any atom is -0.310 e. The fourth-order valence-electron chi connectivity index (χ4n) is 15.7. The molecule has 0 radical (unpaired) electrons. The molecule has 0 saturated heterocycles. The zero-order chi connectivity index (χ0) is 38.5. The first-order chi connectivity index (χ1) is 29.2. The first-order valence-corrected chi connectivity index (χ1v) is 23.0. The van der Waals surface area contributed by atoms with Crippen LogP contribution in [0.2, 0.25) is 0 Å². The predicted molar refractivity (Wildman–Crippen MR) is 244 cm³/mol. The Morgan fingerprint density at radius 1 is 0.390 bits per heavy atom. The van der Waals surface area contributed by atoms with Gasteiger partial charge in [0.05, 0.1) is 0 Å². The van der Waals surface area contributed by atoms with Gasteiger partial charge in [0.1, 0.15) is 0 Å². The van der Waals surface area contributed by atoms with Gasteiger partial charge >= 0.3 is 0 Å². The smallest absolute Gasteiger partial charge is 0.0468 e. The highest BCUT2D eigenvalue weighted by Crippen LogP contribution is 2.69. The highest BCUT2D eigenvalue weighted by molar-refractivity contribution is 5.97. The maximum Gasteiger partial charge on any atom is 0.0468 e. The van der Waals surface area contributed by atoms with Crippen molar-refractivity contribution in [1.29, 1.82) is 0 Å². The van der Waals surface area contributed by atoms with Crippen LogP contribution >= 0.6 is 0 Å². The second-order valence-electron chi connectivity index (χ2n) is 20.0. The summed E-state index contributed by atoms with van der Waals surface area (Å²) in [5.74, 6) is 4.95. The van der Waals surface area contributed by atoms with Crippen LogP contribution in [0.5, 0.6) is 0 Å². The molecule has 7 aromatic rings. The lowest BCUT2D eigenvalue weighted by Crippen LogP contribution is -2.48. The van der Waals surface area contributed by atoms with Gasteiger partial charge in [0.15, 0.2) is 0 Å². The molecule has 1 heteroatoms. The van der Waals surface area contributed by atoms with Crippen molar-refractivity contribution in [3.8, 4) is 33.4 Å². The van der Waals surface area contributed by atoms with Crippen molar-refractivity contribution >= 4 is 27.8 Å². The van der Waals surface area contributed by atoms with Gasteiger partial charge in [0.25, 0.3) is 0 Å². The molecule has 8 aliphatic carbocycles. The summed E-state index contributed by atoms with van der Waals surface area (Å²) in [5, 5.41) is 2.59. The van der Waals surface area contributed by atoms with Gasteiger partial charge < -0.3 is 4.90 Å². The van der Waals surface area contributed by atoms with E-state index in [1.807, 2.05) is 0 Å². The van der Waals surface area contributed by atoms with Crippen LogP contribution in [0.25, 0.3) is 44.2 Å². The van der Waals surface area contributed by atoms with Crippen LogP contribution in [0, 0.1) is 35.5 Å². The fourth-order valence-corrected chi connectivity index (χ4v) is 15.7. The van der Waals surface area contributed by atoms with Gasteiger partial charge in [0, 0.05) is 27.9 Å². The lowest BCUT2D eigenvalue weighted by Gasteiger charge is -2.53. The van der Waals surface area contributed by atoms with E-state index in [-0.39, 0.29) is 10.8 Å². The van der Waals surface area contributed by atoms with Crippen molar-refractivity contribution in [3.05, 3.63) is 174 Å². The largest absolute Gasteiger partial charge is 0.310 e. The first-order valence-electron chi connectivity index (χ1n) is 23.0. The Hall–Kier alpha value is -5.40. The summed E-state index contributed by atoms with van der Waals surface area (Å²) < 4.78 is 0. The fraction of sp³-hybridized carbons (Fsp3) is 0.310. The van der Waals surface area contributed by atoms with Crippen molar-refractivity contribution in [3.63, 3.8) is 0 Å². The number of anilines is 3. The van der Waals surface area contributed by atoms with Gasteiger partial charge in [-0.1, -0.05) is 128 Å². The average Bonchev–Trinajstić information content (AvgIpc) is 4.01. The van der Waals surface area contributed by atoms with Crippen molar-refractivity contribution in [2.75, 3.05) is 4.90 Å². The number of hydrogen-bond donors (Lipinski definition) is 0. The topological polar surface area (TPSA) is 3.24 Å². The minimum atomic E-state index is 0.135. The van der Waals surface area contributed by atoms with Gasteiger partial charge in [-0.05, 0) is 190 Å². The van der Waals surface area contributed by atoms with Crippen LogP contribution in [0.15, 0.2) is 152 Å².